The SMILES string of the molecule is CONC(=O)CNC(=O)N1CCN(c2cc(OC)ncn2)CC1. The highest BCUT2D eigenvalue weighted by molar-refractivity contribution is 5.83. The van der Waals surface area contributed by atoms with Crippen molar-refractivity contribution in [2.24, 2.45) is 0 Å². The molecule has 1 aromatic heterocycles. The molecule has 0 aromatic carbocycles. The largest absolute Gasteiger partial charge is 0.481 e. The van der Waals surface area contributed by atoms with Crippen molar-refractivity contribution in [3.05, 3.63) is 12.4 Å². The van der Waals surface area contributed by atoms with Gasteiger partial charge >= 0.3 is 6.03 Å². The second kappa shape index (κ2) is 8.13. The zero-order valence-electron chi connectivity index (χ0n) is 13.1. The van der Waals surface area contributed by atoms with Gasteiger partial charge in [0.05, 0.1) is 14.2 Å². The second-order valence-corrected chi connectivity index (χ2v) is 4.78. The number of amides is 3. The van der Waals surface area contributed by atoms with Crippen LogP contribution in [0.15, 0.2) is 12.4 Å². The molecule has 0 bridgehead atoms. The van der Waals surface area contributed by atoms with Gasteiger partial charge in [-0.3, -0.25) is 9.63 Å². The number of nitrogens with zero attached hydrogens (tertiary/aromatic N) is 4. The Morgan fingerprint density at radius 2 is 1.96 bits per heavy atom. The van der Waals surface area contributed by atoms with Crippen LogP contribution in [0, 0.1) is 0 Å². The Kier molecular flexibility index (Phi) is 5.92. The number of carbonyl (C=O) groups excluding carboxylic acids is 2. The summed E-state index contributed by atoms with van der Waals surface area (Å²) in [5.41, 5.74) is 2.14. The van der Waals surface area contributed by atoms with Gasteiger partial charge < -0.3 is 19.9 Å². The molecule has 10 heteroatoms. The first-order chi connectivity index (χ1) is 11.1. The highest BCUT2D eigenvalue weighted by Crippen LogP contribution is 2.17. The Morgan fingerprint density at radius 1 is 1.22 bits per heavy atom. The average Bonchev–Trinajstić information content (AvgIpc) is 2.60. The van der Waals surface area contributed by atoms with Crippen LogP contribution in [0.25, 0.3) is 0 Å². The number of hydrogen-bond donors (Lipinski definition) is 2. The molecule has 2 heterocycles. The van der Waals surface area contributed by atoms with E-state index >= 15 is 0 Å². The Bertz CT molecular complexity index is 547. The smallest absolute Gasteiger partial charge is 0.317 e. The molecular weight excluding hydrogens is 304 g/mol. The molecule has 2 N–H and O–H groups in total. The van der Waals surface area contributed by atoms with E-state index in [1.165, 1.54) is 13.4 Å². The number of piperazine rings is 1. The fourth-order valence-electron chi connectivity index (χ4n) is 2.17. The lowest BCUT2D eigenvalue weighted by atomic mass is 10.3. The van der Waals surface area contributed by atoms with E-state index in [-0.39, 0.29) is 12.6 Å². The van der Waals surface area contributed by atoms with Gasteiger partial charge in [-0.15, -0.1) is 0 Å². The van der Waals surface area contributed by atoms with Crippen molar-refractivity contribution in [3.8, 4) is 5.88 Å². The minimum atomic E-state index is -0.410. The van der Waals surface area contributed by atoms with Gasteiger partial charge in [-0.2, -0.15) is 0 Å². The maximum absolute atomic E-state index is 12.0. The summed E-state index contributed by atoms with van der Waals surface area (Å²) < 4.78 is 5.08. The molecule has 0 unspecified atom stereocenters. The summed E-state index contributed by atoms with van der Waals surface area (Å²) >= 11 is 0. The zero-order chi connectivity index (χ0) is 16.7. The number of anilines is 1. The summed E-state index contributed by atoms with van der Waals surface area (Å²) in [5, 5.41) is 2.54. The number of nitrogens with one attached hydrogen (secondary N) is 2. The molecule has 0 aliphatic carbocycles. The van der Waals surface area contributed by atoms with E-state index in [4.69, 9.17) is 4.74 Å². The molecule has 1 aliphatic rings. The lowest BCUT2D eigenvalue weighted by Gasteiger charge is -2.35. The topological polar surface area (TPSA) is 109 Å². The maximum Gasteiger partial charge on any atom is 0.317 e. The van der Waals surface area contributed by atoms with E-state index < -0.39 is 5.91 Å². The predicted octanol–water partition coefficient (Wildman–Crippen LogP) is -1.01. The predicted molar refractivity (Wildman–Crippen MR) is 80.9 cm³/mol. The van der Waals surface area contributed by atoms with E-state index in [0.717, 1.165) is 5.82 Å². The highest BCUT2D eigenvalue weighted by Gasteiger charge is 2.22. The van der Waals surface area contributed by atoms with E-state index in [9.17, 15) is 9.59 Å². The molecular formula is C13H20N6O4. The number of ether oxygens (including phenoxy) is 1. The Balaban J connectivity index is 1.81. The van der Waals surface area contributed by atoms with Gasteiger partial charge in [0.2, 0.25) is 5.88 Å². The quantitative estimate of drug-likeness (QED) is 0.668. The molecule has 1 aliphatic heterocycles. The van der Waals surface area contributed by atoms with Crippen LogP contribution < -0.4 is 20.4 Å². The van der Waals surface area contributed by atoms with Gasteiger partial charge in [0, 0.05) is 32.2 Å². The first-order valence-corrected chi connectivity index (χ1v) is 7.09. The number of urea groups is 1. The minimum absolute atomic E-state index is 0.129. The molecule has 2 rings (SSSR count). The summed E-state index contributed by atoms with van der Waals surface area (Å²) in [5.74, 6) is 0.850. The summed E-state index contributed by atoms with van der Waals surface area (Å²) in [7, 11) is 2.88. The molecule has 23 heavy (non-hydrogen) atoms. The highest BCUT2D eigenvalue weighted by atomic mass is 16.6. The van der Waals surface area contributed by atoms with Crippen molar-refractivity contribution >= 4 is 17.8 Å². The van der Waals surface area contributed by atoms with E-state index in [0.29, 0.717) is 32.1 Å². The minimum Gasteiger partial charge on any atom is -0.481 e. The molecule has 10 nitrogen and oxygen atoms in total. The molecule has 0 saturated carbocycles. The number of hydroxylamine groups is 1. The molecule has 126 valence electrons. The third-order valence-corrected chi connectivity index (χ3v) is 3.34. The monoisotopic (exact) mass is 324 g/mol. The van der Waals surface area contributed by atoms with E-state index in [2.05, 4.69) is 25.6 Å². The van der Waals surface area contributed by atoms with Crippen molar-refractivity contribution in [1.29, 1.82) is 0 Å². The number of hydrogen-bond acceptors (Lipinski definition) is 7. The van der Waals surface area contributed by atoms with E-state index in [1.807, 2.05) is 4.90 Å². The van der Waals surface area contributed by atoms with Crippen LogP contribution in [0.2, 0.25) is 0 Å². The van der Waals surface area contributed by atoms with Crippen molar-refractivity contribution in [2.75, 3.05) is 51.8 Å². The summed E-state index contributed by atoms with van der Waals surface area (Å²) in [6.45, 7) is 2.21. The second-order valence-electron chi connectivity index (χ2n) is 4.78. The fraction of sp³-hybridized carbons (Fsp3) is 0.538. The third kappa shape index (κ3) is 4.68. The lowest BCUT2D eigenvalue weighted by Crippen LogP contribution is -2.53. The molecule has 0 spiro atoms. The fourth-order valence-corrected chi connectivity index (χ4v) is 2.17. The first kappa shape index (κ1) is 16.7. The van der Waals surface area contributed by atoms with E-state index in [1.54, 1.807) is 18.1 Å². The third-order valence-electron chi connectivity index (χ3n) is 3.34. The van der Waals surface area contributed by atoms with Crippen LogP contribution in [0.3, 0.4) is 0 Å². The summed E-state index contributed by atoms with van der Waals surface area (Å²) in [6.07, 6.45) is 1.45. The van der Waals surface area contributed by atoms with Crippen LogP contribution in [0.5, 0.6) is 5.88 Å². The van der Waals surface area contributed by atoms with Gasteiger partial charge in [0.1, 0.15) is 18.7 Å². The number of methoxy groups -OCH3 is 1. The summed E-state index contributed by atoms with van der Waals surface area (Å²) in [4.78, 5) is 39.5. The van der Waals surface area contributed by atoms with Crippen LogP contribution in [0.1, 0.15) is 0 Å². The van der Waals surface area contributed by atoms with Crippen LogP contribution >= 0.6 is 0 Å². The zero-order valence-corrected chi connectivity index (χ0v) is 13.1. The standard InChI is InChI=1S/C13H20N6O4/c1-22-12-7-10(15-9-16-12)18-3-5-19(6-4-18)13(21)14-8-11(20)17-23-2/h7,9H,3-6,8H2,1-2H3,(H,14,21)(H,17,20). The Hall–Kier alpha value is -2.62. The Labute approximate surface area is 133 Å². The molecule has 1 saturated heterocycles. The molecule has 0 radical (unpaired) electrons. The maximum atomic E-state index is 12.0. The van der Waals surface area contributed by atoms with Gasteiger partial charge in [-0.1, -0.05) is 0 Å². The number of aromatic nitrogens is 2. The lowest BCUT2D eigenvalue weighted by molar-refractivity contribution is -0.130. The van der Waals surface area contributed by atoms with Crippen molar-refractivity contribution < 1.29 is 19.2 Å². The molecule has 0 atom stereocenters. The van der Waals surface area contributed by atoms with Gasteiger partial charge in [-0.05, 0) is 0 Å². The van der Waals surface area contributed by atoms with Crippen LogP contribution in [-0.4, -0.2) is 73.7 Å². The van der Waals surface area contributed by atoms with Crippen LogP contribution in [-0.2, 0) is 9.63 Å². The van der Waals surface area contributed by atoms with Gasteiger partial charge in [-0.25, -0.2) is 20.2 Å². The van der Waals surface area contributed by atoms with Crippen molar-refractivity contribution in [3.63, 3.8) is 0 Å². The molecule has 1 fully saturated rings. The number of carbonyl (C=O) groups is 2. The van der Waals surface area contributed by atoms with Crippen LogP contribution in [0.4, 0.5) is 10.6 Å². The molecule has 1 aromatic rings. The van der Waals surface area contributed by atoms with Gasteiger partial charge in [0.25, 0.3) is 5.91 Å². The Morgan fingerprint density at radius 3 is 2.61 bits per heavy atom. The normalized spacial score (nSPS) is 14.3. The van der Waals surface area contributed by atoms with Crippen molar-refractivity contribution in [1.82, 2.24) is 25.7 Å². The van der Waals surface area contributed by atoms with Gasteiger partial charge in [0.15, 0.2) is 0 Å². The number of rotatable bonds is 5. The average molecular weight is 324 g/mol. The molecule has 3 amide bonds. The summed E-state index contributed by atoms with van der Waals surface area (Å²) in [6, 6.07) is 1.47. The van der Waals surface area contributed by atoms with Crippen molar-refractivity contribution in [2.45, 2.75) is 0 Å². The first-order valence-electron chi connectivity index (χ1n) is 7.09.